The van der Waals surface area contributed by atoms with Crippen LogP contribution < -0.4 is 10.2 Å². The van der Waals surface area contributed by atoms with E-state index >= 15 is 0 Å². The molecule has 5 aromatic rings. The van der Waals surface area contributed by atoms with Crippen molar-refractivity contribution in [3.8, 4) is 22.5 Å². The third-order valence-corrected chi connectivity index (χ3v) is 8.71. The first-order valence-corrected chi connectivity index (χ1v) is 17.3. The number of anilines is 2. The monoisotopic (exact) mass is 677 g/mol. The van der Waals surface area contributed by atoms with Gasteiger partial charge in [-0.1, -0.05) is 6.07 Å². The summed E-state index contributed by atoms with van der Waals surface area (Å²) in [5.74, 6) is 0.0300. The number of nitrogens with zero attached hydrogens (tertiary/aromatic N) is 6. The summed E-state index contributed by atoms with van der Waals surface area (Å²) in [5, 5.41) is 9.16. The molecule has 1 amide bonds. The normalized spacial score (nSPS) is 15.4. The van der Waals surface area contributed by atoms with Crippen molar-refractivity contribution in [2.24, 2.45) is 5.92 Å². The van der Waals surface area contributed by atoms with Crippen LogP contribution in [-0.4, -0.2) is 66.7 Å². The lowest BCUT2D eigenvalue weighted by Crippen LogP contribution is -2.29. The van der Waals surface area contributed by atoms with Crippen molar-refractivity contribution in [3.05, 3.63) is 55.0 Å². The van der Waals surface area contributed by atoms with Crippen LogP contribution in [0.3, 0.4) is 0 Å². The molecule has 0 atom stereocenters. The van der Waals surface area contributed by atoms with Gasteiger partial charge in [0.15, 0.2) is 5.65 Å². The van der Waals surface area contributed by atoms with Crippen LogP contribution in [0.1, 0.15) is 73.6 Å². The Labute approximate surface area is 290 Å². The molecule has 7 rings (SSSR count). The Kier molecular flexibility index (Phi) is 8.36. The van der Waals surface area contributed by atoms with E-state index in [1.807, 2.05) is 51.1 Å². The highest BCUT2D eigenvalue weighted by molar-refractivity contribution is 6.06. The fraction of sp³-hybridized carbons (Fsp3) is 0.421. The number of fused-ring (bicyclic) bond motifs is 2. The predicted octanol–water partition coefficient (Wildman–Crippen LogP) is 8.02. The van der Waals surface area contributed by atoms with Gasteiger partial charge in [-0.3, -0.25) is 9.78 Å². The summed E-state index contributed by atoms with van der Waals surface area (Å²) in [7, 11) is 0. The van der Waals surface area contributed by atoms with Gasteiger partial charge in [0, 0.05) is 59.0 Å². The van der Waals surface area contributed by atoms with E-state index in [0.717, 1.165) is 54.5 Å². The van der Waals surface area contributed by atoms with E-state index in [1.54, 1.807) is 39.4 Å². The van der Waals surface area contributed by atoms with Gasteiger partial charge in [-0.05, 0) is 104 Å². The molecule has 12 nitrogen and oxygen atoms in total. The fourth-order valence-electron chi connectivity index (χ4n) is 6.34. The Balaban J connectivity index is 1.43. The van der Waals surface area contributed by atoms with Crippen LogP contribution in [0, 0.1) is 5.92 Å². The number of piperidine rings is 1. The van der Waals surface area contributed by atoms with Gasteiger partial charge in [-0.15, -0.1) is 4.68 Å². The first-order valence-electron chi connectivity index (χ1n) is 17.3. The number of pyridine rings is 2. The molecule has 0 unspecified atom stereocenters. The largest absolute Gasteiger partial charge is 0.443 e. The molecule has 2 fully saturated rings. The van der Waals surface area contributed by atoms with Crippen molar-refractivity contribution in [1.82, 2.24) is 24.3 Å². The van der Waals surface area contributed by atoms with Crippen molar-refractivity contribution >= 4 is 51.4 Å². The number of carbonyl (C=O) groups is 3. The SMILES string of the molecule is CC(C)(C)OC(=O)n1nc(-c2cc3c(N4CCCCC4)cccc3n2C(=O)OC(C)(C)C)c2cc(-c3cncc(NC(=O)C4CC4)c3)cnc21. The summed E-state index contributed by atoms with van der Waals surface area (Å²) in [5.41, 5.74) is 3.19. The van der Waals surface area contributed by atoms with Gasteiger partial charge < -0.3 is 19.7 Å². The summed E-state index contributed by atoms with van der Waals surface area (Å²) >= 11 is 0. The number of aromatic nitrogens is 5. The molecule has 1 aliphatic heterocycles. The summed E-state index contributed by atoms with van der Waals surface area (Å²) in [6.07, 6.45) is 8.83. The van der Waals surface area contributed by atoms with Gasteiger partial charge >= 0.3 is 12.2 Å². The van der Waals surface area contributed by atoms with Crippen molar-refractivity contribution < 1.29 is 23.9 Å². The Bertz CT molecular complexity index is 2130. The van der Waals surface area contributed by atoms with Crippen LogP contribution in [0.2, 0.25) is 0 Å². The van der Waals surface area contributed by atoms with Crippen LogP contribution in [0.4, 0.5) is 21.0 Å². The van der Waals surface area contributed by atoms with Crippen LogP contribution in [-0.2, 0) is 14.3 Å². The lowest BCUT2D eigenvalue weighted by atomic mass is 10.1. The average molecular weight is 678 g/mol. The third kappa shape index (κ3) is 6.79. The standard InChI is InChI=1S/C38H43N7O5/c1-37(2,3)49-35(47)44-30-12-10-11-29(43-15-8-7-9-16-43)27(30)19-31(44)32-28-18-25(21-40-33(28)45(42-32)36(48)50-38(4,5)6)24-17-26(22-39-20-24)41-34(46)23-13-14-23/h10-12,17-23H,7-9,13-16H2,1-6H3,(H,41,46). The second kappa shape index (κ2) is 12.6. The summed E-state index contributed by atoms with van der Waals surface area (Å²) < 4.78 is 14.4. The van der Waals surface area contributed by atoms with Crippen LogP contribution in [0.15, 0.2) is 55.0 Å². The molecular formula is C38H43N7O5. The van der Waals surface area contributed by atoms with Gasteiger partial charge in [-0.25, -0.2) is 19.1 Å². The highest BCUT2D eigenvalue weighted by Crippen LogP contribution is 2.39. The lowest BCUT2D eigenvalue weighted by Gasteiger charge is -2.29. The van der Waals surface area contributed by atoms with Gasteiger partial charge in [0.25, 0.3) is 0 Å². The molecule has 50 heavy (non-hydrogen) atoms. The molecule has 4 aromatic heterocycles. The van der Waals surface area contributed by atoms with Gasteiger partial charge in [0.2, 0.25) is 5.91 Å². The molecule has 1 aromatic carbocycles. The molecule has 1 saturated heterocycles. The van der Waals surface area contributed by atoms with Crippen molar-refractivity contribution in [1.29, 1.82) is 0 Å². The minimum atomic E-state index is -0.790. The molecule has 12 heteroatoms. The maximum atomic E-state index is 14.1. The Morgan fingerprint density at radius 3 is 2.22 bits per heavy atom. The molecule has 5 heterocycles. The van der Waals surface area contributed by atoms with Crippen molar-refractivity contribution in [3.63, 3.8) is 0 Å². The Morgan fingerprint density at radius 1 is 0.820 bits per heavy atom. The van der Waals surface area contributed by atoms with E-state index in [-0.39, 0.29) is 17.5 Å². The van der Waals surface area contributed by atoms with Gasteiger partial charge in [-0.2, -0.15) is 5.10 Å². The second-order valence-corrected chi connectivity index (χ2v) is 15.2. The number of carbonyl (C=O) groups excluding carboxylic acids is 3. The Morgan fingerprint density at radius 2 is 1.52 bits per heavy atom. The zero-order valence-corrected chi connectivity index (χ0v) is 29.4. The van der Waals surface area contributed by atoms with Crippen LogP contribution >= 0.6 is 0 Å². The van der Waals surface area contributed by atoms with E-state index in [2.05, 4.69) is 21.3 Å². The smallest absolute Gasteiger partial charge is 0.437 e. The number of amides is 1. The summed E-state index contributed by atoms with van der Waals surface area (Å²) in [6, 6.07) is 11.6. The first kappa shape index (κ1) is 33.2. The van der Waals surface area contributed by atoms with Crippen molar-refractivity contribution in [2.45, 2.75) is 84.8 Å². The average Bonchev–Trinajstić information content (AvgIpc) is 3.74. The van der Waals surface area contributed by atoms with Crippen molar-refractivity contribution in [2.75, 3.05) is 23.3 Å². The quantitative estimate of drug-likeness (QED) is 0.196. The van der Waals surface area contributed by atoms with E-state index in [1.165, 1.54) is 11.0 Å². The number of nitrogens with one attached hydrogen (secondary N) is 1. The molecule has 0 spiro atoms. The van der Waals surface area contributed by atoms with E-state index in [9.17, 15) is 14.4 Å². The number of rotatable bonds is 5. The number of benzene rings is 1. The topological polar surface area (TPSA) is 133 Å². The zero-order chi connectivity index (χ0) is 35.4. The fourth-order valence-corrected chi connectivity index (χ4v) is 6.34. The molecule has 2 aliphatic rings. The van der Waals surface area contributed by atoms with E-state index < -0.39 is 23.4 Å². The molecule has 0 bridgehead atoms. The summed E-state index contributed by atoms with van der Waals surface area (Å²) in [6.45, 7) is 12.7. The van der Waals surface area contributed by atoms with Crippen LogP contribution in [0.5, 0.6) is 0 Å². The third-order valence-electron chi connectivity index (χ3n) is 8.71. The second-order valence-electron chi connectivity index (χ2n) is 15.2. The first-order chi connectivity index (χ1) is 23.8. The Hall–Kier alpha value is -5.26. The molecule has 1 saturated carbocycles. The lowest BCUT2D eigenvalue weighted by molar-refractivity contribution is -0.117. The maximum absolute atomic E-state index is 14.1. The minimum absolute atomic E-state index is 0.0163. The number of hydrogen-bond donors (Lipinski definition) is 1. The highest BCUT2D eigenvalue weighted by Gasteiger charge is 2.31. The van der Waals surface area contributed by atoms with E-state index in [0.29, 0.717) is 39.1 Å². The predicted molar refractivity (Wildman–Crippen MR) is 192 cm³/mol. The molecule has 260 valence electrons. The minimum Gasteiger partial charge on any atom is -0.443 e. The number of hydrogen-bond acceptors (Lipinski definition) is 9. The molecule has 0 radical (unpaired) electrons. The maximum Gasteiger partial charge on any atom is 0.437 e. The number of ether oxygens (including phenoxy) is 2. The van der Waals surface area contributed by atoms with Gasteiger partial charge in [0.05, 0.1) is 23.1 Å². The summed E-state index contributed by atoms with van der Waals surface area (Å²) in [4.78, 5) is 51.6. The zero-order valence-electron chi connectivity index (χ0n) is 29.4. The molecular weight excluding hydrogens is 634 g/mol. The van der Waals surface area contributed by atoms with Gasteiger partial charge in [0.1, 0.15) is 16.9 Å². The van der Waals surface area contributed by atoms with E-state index in [4.69, 9.17) is 19.6 Å². The molecule has 1 N–H and O–H groups in total. The highest BCUT2D eigenvalue weighted by atomic mass is 16.6. The van der Waals surface area contributed by atoms with Crippen LogP contribution in [0.25, 0.3) is 44.5 Å². The molecule has 1 aliphatic carbocycles.